The molecule has 0 saturated carbocycles. The fourth-order valence-corrected chi connectivity index (χ4v) is 3.20. The molecule has 1 atom stereocenters. The normalized spacial score (nSPS) is 18.2. The molecule has 1 aromatic carbocycles. The number of H-pyrrole nitrogens is 1. The standard InChI is InChI=1S/C17H23N3/c1-2-3-7-17(20-12-10-18-11-13-20)15-5-4-6-16-14(15)8-9-19-16/h2,4-6,8-9,17-19H,1,3,7,10-13H2/t17-/m0/s1. The molecular formula is C17H23N3. The summed E-state index contributed by atoms with van der Waals surface area (Å²) in [5.41, 5.74) is 2.69. The molecule has 1 aromatic heterocycles. The first-order chi connectivity index (χ1) is 9.90. The molecule has 1 fully saturated rings. The van der Waals surface area contributed by atoms with Crippen molar-refractivity contribution in [2.75, 3.05) is 26.2 Å². The van der Waals surface area contributed by atoms with Crippen LogP contribution >= 0.6 is 0 Å². The molecular weight excluding hydrogens is 246 g/mol. The molecule has 2 aromatic rings. The number of fused-ring (bicyclic) bond motifs is 1. The van der Waals surface area contributed by atoms with Crippen molar-refractivity contribution in [1.29, 1.82) is 0 Å². The van der Waals surface area contributed by atoms with Gasteiger partial charge in [-0.1, -0.05) is 18.2 Å². The van der Waals surface area contributed by atoms with E-state index in [0.717, 1.165) is 39.0 Å². The van der Waals surface area contributed by atoms with E-state index in [9.17, 15) is 0 Å². The van der Waals surface area contributed by atoms with E-state index in [4.69, 9.17) is 0 Å². The predicted molar refractivity (Wildman–Crippen MR) is 84.9 cm³/mol. The molecule has 2 heterocycles. The number of benzene rings is 1. The summed E-state index contributed by atoms with van der Waals surface area (Å²) >= 11 is 0. The summed E-state index contributed by atoms with van der Waals surface area (Å²) < 4.78 is 0. The van der Waals surface area contributed by atoms with Gasteiger partial charge >= 0.3 is 0 Å². The van der Waals surface area contributed by atoms with Gasteiger partial charge in [-0.3, -0.25) is 4.90 Å². The summed E-state index contributed by atoms with van der Waals surface area (Å²) in [4.78, 5) is 5.94. The largest absolute Gasteiger partial charge is 0.361 e. The van der Waals surface area contributed by atoms with Gasteiger partial charge in [0.1, 0.15) is 0 Å². The molecule has 0 radical (unpaired) electrons. The van der Waals surface area contributed by atoms with E-state index in [0.29, 0.717) is 6.04 Å². The second-order valence-corrected chi connectivity index (χ2v) is 5.45. The lowest BCUT2D eigenvalue weighted by Gasteiger charge is -2.35. The molecule has 1 aliphatic rings. The topological polar surface area (TPSA) is 31.1 Å². The van der Waals surface area contributed by atoms with E-state index in [1.54, 1.807) is 0 Å². The SMILES string of the molecule is C=CCC[C@@H](c1cccc2[nH]ccc12)N1CCNCC1. The van der Waals surface area contributed by atoms with Crippen molar-refractivity contribution in [1.82, 2.24) is 15.2 Å². The van der Waals surface area contributed by atoms with Gasteiger partial charge in [0, 0.05) is 49.3 Å². The Labute approximate surface area is 120 Å². The van der Waals surface area contributed by atoms with Crippen molar-refractivity contribution in [2.24, 2.45) is 0 Å². The molecule has 3 nitrogen and oxygen atoms in total. The summed E-state index contributed by atoms with van der Waals surface area (Å²) in [6.07, 6.45) is 6.28. The summed E-state index contributed by atoms with van der Waals surface area (Å²) in [6.45, 7) is 8.32. The first kappa shape index (κ1) is 13.4. The lowest BCUT2D eigenvalue weighted by Crippen LogP contribution is -2.45. The van der Waals surface area contributed by atoms with Crippen molar-refractivity contribution < 1.29 is 0 Å². The summed E-state index contributed by atoms with van der Waals surface area (Å²) in [5, 5.41) is 4.80. The Kier molecular flexibility index (Phi) is 4.19. The Bertz CT molecular complexity index is 566. The van der Waals surface area contributed by atoms with Crippen LogP contribution < -0.4 is 5.32 Å². The van der Waals surface area contributed by atoms with Gasteiger partial charge in [-0.15, -0.1) is 6.58 Å². The molecule has 1 aliphatic heterocycles. The number of hydrogen-bond acceptors (Lipinski definition) is 2. The van der Waals surface area contributed by atoms with Crippen molar-refractivity contribution in [3.63, 3.8) is 0 Å². The Morgan fingerprint density at radius 2 is 2.10 bits per heavy atom. The van der Waals surface area contributed by atoms with E-state index < -0.39 is 0 Å². The van der Waals surface area contributed by atoms with E-state index >= 15 is 0 Å². The number of rotatable bonds is 5. The number of nitrogens with zero attached hydrogens (tertiary/aromatic N) is 1. The quantitative estimate of drug-likeness (QED) is 0.817. The maximum atomic E-state index is 3.89. The third kappa shape index (κ3) is 2.65. The van der Waals surface area contributed by atoms with E-state index in [2.05, 4.69) is 46.0 Å². The fourth-order valence-electron chi connectivity index (χ4n) is 3.20. The van der Waals surface area contributed by atoms with Gasteiger partial charge in [-0.05, 0) is 30.5 Å². The zero-order valence-corrected chi connectivity index (χ0v) is 11.9. The zero-order chi connectivity index (χ0) is 13.8. The van der Waals surface area contributed by atoms with Gasteiger partial charge in [0.15, 0.2) is 0 Å². The predicted octanol–water partition coefficient (Wildman–Crippen LogP) is 3.08. The Morgan fingerprint density at radius 3 is 2.90 bits per heavy atom. The highest BCUT2D eigenvalue weighted by Crippen LogP contribution is 2.31. The minimum Gasteiger partial charge on any atom is -0.361 e. The number of aromatic amines is 1. The first-order valence-corrected chi connectivity index (χ1v) is 7.52. The third-order valence-electron chi connectivity index (χ3n) is 4.22. The van der Waals surface area contributed by atoms with Gasteiger partial charge in [0.05, 0.1) is 0 Å². The van der Waals surface area contributed by atoms with Crippen LogP contribution in [0.5, 0.6) is 0 Å². The van der Waals surface area contributed by atoms with Crippen LogP contribution in [0.15, 0.2) is 43.1 Å². The van der Waals surface area contributed by atoms with Gasteiger partial charge < -0.3 is 10.3 Å². The van der Waals surface area contributed by atoms with Gasteiger partial charge in [0.25, 0.3) is 0 Å². The third-order valence-corrected chi connectivity index (χ3v) is 4.22. The van der Waals surface area contributed by atoms with Crippen LogP contribution in [-0.2, 0) is 0 Å². The molecule has 3 heteroatoms. The van der Waals surface area contributed by atoms with Crippen LogP contribution in [-0.4, -0.2) is 36.1 Å². The summed E-state index contributed by atoms with van der Waals surface area (Å²) in [7, 11) is 0. The van der Waals surface area contributed by atoms with Gasteiger partial charge in [-0.2, -0.15) is 0 Å². The molecule has 106 valence electrons. The fraction of sp³-hybridized carbons (Fsp3) is 0.412. The average Bonchev–Trinajstić information content (AvgIpc) is 2.98. The lowest BCUT2D eigenvalue weighted by atomic mass is 9.96. The molecule has 1 saturated heterocycles. The smallest absolute Gasteiger partial charge is 0.0457 e. The highest BCUT2D eigenvalue weighted by molar-refractivity contribution is 5.83. The average molecular weight is 269 g/mol. The maximum Gasteiger partial charge on any atom is 0.0457 e. The van der Waals surface area contributed by atoms with Crippen LogP contribution in [0.2, 0.25) is 0 Å². The first-order valence-electron chi connectivity index (χ1n) is 7.52. The number of nitrogens with one attached hydrogen (secondary N) is 2. The highest BCUT2D eigenvalue weighted by Gasteiger charge is 2.23. The second-order valence-electron chi connectivity index (χ2n) is 5.45. The molecule has 0 unspecified atom stereocenters. The van der Waals surface area contributed by atoms with Gasteiger partial charge in [0.2, 0.25) is 0 Å². The van der Waals surface area contributed by atoms with Crippen molar-refractivity contribution >= 4 is 10.9 Å². The molecule has 0 amide bonds. The number of hydrogen-bond donors (Lipinski definition) is 2. The number of allylic oxidation sites excluding steroid dienone is 1. The zero-order valence-electron chi connectivity index (χ0n) is 11.9. The minimum absolute atomic E-state index is 0.495. The van der Waals surface area contributed by atoms with Crippen molar-refractivity contribution in [3.8, 4) is 0 Å². The molecule has 0 spiro atoms. The lowest BCUT2D eigenvalue weighted by molar-refractivity contribution is 0.167. The van der Waals surface area contributed by atoms with E-state index in [-0.39, 0.29) is 0 Å². The molecule has 0 bridgehead atoms. The van der Waals surface area contributed by atoms with Crippen LogP contribution in [0.3, 0.4) is 0 Å². The molecule has 2 N–H and O–H groups in total. The Morgan fingerprint density at radius 1 is 1.25 bits per heavy atom. The minimum atomic E-state index is 0.495. The highest BCUT2D eigenvalue weighted by atomic mass is 15.2. The maximum absolute atomic E-state index is 3.89. The number of piperazine rings is 1. The van der Waals surface area contributed by atoms with Crippen LogP contribution in [0.1, 0.15) is 24.4 Å². The van der Waals surface area contributed by atoms with E-state index in [1.165, 1.54) is 16.5 Å². The van der Waals surface area contributed by atoms with E-state index in [1.807, 2.05) is 12.3 Å². The monoisotopic (exact) mass is 269 g/mol. The summed E-state index contributed by atoms with van der Waals surface area (Å²) in [5.74, 6) is 0. The molecule has 3 rings (SSSR count). The van der Waals surface area contributed by atoms with Crippen molar-refractivity contribution in [2.45, 2.75) is 18.9 Å². The Hall–Kier alpha value is -1.58. The van der Waals surface area contributed by atoms with Crippen molar-refractivity contribution in [3.05, 3.63) is 48.7 Å². The van der Waals surface area contributed by atoms with Crippen LogP contribution in [0, 0.1) is 0 Å². The molecule has 0 aliphatic carbocycles. The number of aromatic nitrogens is 1. The molecule has 20 heavy (non-hydrogen) atoms. The second kappa shape index (κ2) is 6.25. The van der Waals surface area contributed by atoms with Crippen LogP contribution in [0.4, 0.5) is 0 Å². The Balaban J connectivity index is 1.94. The summed E-state index contributed by atoms with van der Waals surface area (Å²) in [6, 6.07) is 9.30. The van der Waals surface area contributed by atoms with Gasteiger partial charge in [-0.25, -0.2) is 0 Å². The van der Waals surface area contributed by atoms with Crippen LogP contribution in [0.25, 0.3) is 10.9 Å².